The van der Waals surface area contributed by atoms with Crippen LogP contribution < -0.4 is 4.74 Å². The highest BCUT2D eigenvalue weighted by atomic mass is 35.5. The number of nitrogens with zero attached hydrogens (tertiary/aromatic N) is 2. The van der Waals surface area contributed by atoms with Gasteiger partial charge in [-0.05, 0) is 80.9 Å². The molecule has 1 amide bonds. The average Bonchev–Trinajstić information content (AvgIpc) is 3.15. The Bertz CT molecular complexity index is 1040. The summed E-state index contributed by atoms with van der Waals surface area (Å²) in [6, 6.07) is 13.2. The van der Waals surface area contributed by atoms with Crippen molar-refractivity contribution in [3.05, 3.63) is 70.3 Å². The fourth-order valence-electron chi connectivity index (χ4n) is 4.57. The smallest absolute Gasteiger partial charge is 0.295 e. The number of halogens is 1. The number of carbonyl (C=O) groups is 2. The van der Waals surface area contributed by atoms with Crippen LogP contribution in [0.3, 0.4) is 0 Å². The van der Waals surface area contributed by atoms with Gasteiger partial charge in [0.1, 0.15) is 11.5 Å². The zero-order valence-corrected chi connectivity index (χ0v) is 22.3. The number of aliphatic hydroxyl groups is 1. The molecule has 6 nitrogen and oxygen atoms in total. The minimum atomic E-state index is -0.675. The summed E-state index contributed by atoms with van der Waals surface area (Å²) in [5.41, 5.74) is 1.29. The Labute approximate surface area is 219 Å². The van der Waals surface area contributed by atoms with Gasteiger partial charge >= 0.3 is 0 Å². The van der Waals surface area contributed by atoms with E-state index < -0.39 is 17.7 Å². The molecule has 0 unspecified atom stereocenters. The minimum absolute atomic E-state index is 0.0984. The van der Waals surface area contributed by atoms with Crippen LogP contribution in [0.1, 0.15) is 63.1 Å². The van der Waals surface area contributed by atoms with E-state index in [1.54, 1.807) is 48.4 Å². The van der Waals surface area contributed by atoms with Crippen molar-refractivity contribution < 1.29 is 19.4 Å². The van der Waals surface area contributed by atoms with E-state index in [2.05, 4.69) is 18.7 Å². The van der Waals surface area contributed by atoms with Crippen molar-refractivity contribution in [1.82, 2.24) is 9.80 Å². The maximum atomic E-state index is 13.2. The van der Waals surface area contributed by atoms with E-state index in [1.807, 2.05) is 12.1 Å². The van der Waals surface area contributed by atoms with Crippen molar-refractivity contribution in [2.24, 2.45) is 0 Å². The summed E-state index contributed by atoms with van der Waals surface area (Å²) in [6.45, 7) is 7.73. The highest BCUT2D eigenvalue weighted by Crippen LogP contribution is 2.40. The molecule has 36 heavy (non-hydrogen) atoms. The molecule has 1 heterocycles. The van der Waals surface area contributed by atoms with Crippen molar-refractivity contribution in [3.8, 4) is 5.75 Å². The number of ketones is 1. The Morgan fingerprint density at radius 3 is 2.08 bits per heavy atom. The molecule has 0 saturated carbocycles. The second kappa shape index (κ2) is 13.5. The molecule has 2 aromatic rings. The highest BCUT2D eigenvalue weighted by molar-refractivity contribution is 6.46. The van der Waals surface area contributed by atoms with E-state index in [-0.39, 0.29) is 11.3 Å². The number of hydrogen-bond acceptors (Lipinski definition) is 5. The van der Waals surface area contributed by atoms with Gasteiger partial charge in [-0.1, -0.05) is 50.4 Å². The number of likely N-dealkylation sites (tertiary alicyclic amines) is 1. The molecule has 0 spiro atoms. The van der Waals surface area contributed by atoms with Gasteiger partial charge in [-0.3, -0.25) is 9.59 Å². The summed E-state index contributed by atoms with van der Waals surface area (Å²) in [6.07, 6.45) is 5.30. The van der Waals surface area contributed by atoms with Gasteiger partial charge in [-0.2, -0.15) is 0 Å². The van der Waals surface area contributed by atoms with Gasteiger partial charge in [0, 0.05) is 17.1 Å². The van der Waals surface area contributed by atoms with Crippen molar-refractivity contribution in [3.63, 3.8) is 0 Å². The lowest BCUT2D eigenvalue weighted by Gasteiger charge is -2.27. The summed E-state index contributed by atoms with van der Waals surface area (Å²) in [7, 11) is 1.59. The lowest BCUT2D eigenvalue weighted by Crippen LogP contribution is -2.34. The first-order valence-electron chi connectivity index (χ1n) is 12.8. The standard InChI is InChI=1S/C29H37ClN2O4/c1-4-6-17-31(18-7-5-2)19-8-20-32-26(21-11-15-24(36-3)16-12-21)25(28(34)29(32)35)27(33)22-9-13-23(30)14-10-22/h9-16,26,33H,4-8,17-20H2,1-3H3/t26-/m1/s1. The first-order valence-corrected chi connectivity index (χ1v) is 13.2. The van der Waals surface area contributed by atoms with Crippen LogP contribution >= 0.6 is 11.6 Å². The van der Waals surface area contributed by atoms with Crippen LogP contribution in [0, 0.1) is 0 Å². The SMILES string of the molecule is CCCCN(CCCC)CCCN1C(=O)C(=O)C(=C(O)c2ccc(Cl)cc2)[C@H]1c1ccc(OC)cc1. The van der Waals surface area contributed by atoms with Gasteiger partial charge in [0.2, 0.25) is 0 Å². The topological polar surface area (TPSA) is 70.1 Å². The summed E-state index contributed by atoms with van der Waals surface area (Å²) in [5, 5.41) is 11.7. The van der Waals surface area contributed by atoms with Crippen LogP contribution in [0.15, 0.2) is 54.1 Å². The fraction of sp³-hybridized carbons (Fsp3) is 0.448. The van der Waals surface area contributed by atoms with E-state index in [1.165, 1.54) is 0 Å². The Kier molecular flexibility index (Phi) is 10.4. The van der Waals surface area contributed by atoms with Crippen LogP contribution in [0.25, 0.3) is 5.76 Å². The maximum absolute atomic E-state index is 13.2. The van der Waals surface area contributed by atoms with Crippen molar-refractivity contribution >= 4 is 29.1 Å². The van der Waals surface area contributed by atoms with Crippen LogP contribution in [0.4, 0.5) is 0 Å². The van der Waals surface area contributed by atoms with Crippen molar-refractivity contribution in [1.29, 1.82) is 0 Å². The number of aliphatic hydroxyl groups excluding tert-OH is 1. The number of rotatable bonds is 13. The van der Waals surface area contributed by atoms with Gasteiger partial charge in [-0.15, -0.1) is 0 Å². The Hall–Kier alpha value is -2.83. The summed E-state index contributed by atoms with van der Waals surface area (Å²) in [4.78, 5) is 30.5. The van der Waals surface area contributed by atoms with Crippen LogP contribution in [-0.2, 0) is 9.59 Å². The molecule has 0 aliphatic carbocycles. The molecule has 1 atom stereocenters. The number of benzene rings is 2. The van der Waals surface area contributed by atoms with Gasteiger partial charge in [0.15, 0.2) is 0 Å². The summed E-state index contributed by atoms with van der Waals surface area (Å²) in [5.74, 6) is -0.770. The lowest BCUT2D eigenvalue weighted by molar-refractivity contribution is -0.140. The molecule has 3 rings (SSSR count). The van der Waals surface area contributed by atoms with Crippen molar-refractivity contribution in [2.45, 2.75) is 52.0 Å². The van der Waals surface area contributed by atoms with Crippen LogP contribution in [0.5, 0.6) is 5.75 Å². The quantitative estimate of drug-likeness (QED) is 0.200. The van der Waals surface area contributed by atoms with E-state index in [0.717, 1.165) is 57.3 Å². The molecule has 1 fully saturated rings. The molecule has 0 aromatic heterocycles. The third-order valence-electron chi connectivity index (χ3n) is 6.62. The summed E-state index contributed by atoms with van der Waals surface area (Å²) >= 11 is 6.01. The van der Waals surface area contributed by atoms with Crippen LogP contribution in [-0.4, -0.2) is 59.9 Å². The molecular formula is C29H37ClN2O4. The normalized spacial score (nSPS) is 17.2. The molecule has 0 radical (unpaired) electrons. The van der Waals surface area contributed by atoms with E-state index in [9.17, 15) is 14.7 Å². The first-order chi connectivity index (χ1) is 17.4. The number of unbranched alkanes of at least 4 members (excludes halogenated alkanes) is 2. The molecule has 7 heteroatoms. The minimum Gasteiger partial charge on any atom is -0.507 e. The molecule has 0 bridgehead atoms. The second-order valence-corrected chi connectivity index (χ2v) is 9.61. The van der Waals surface area contributed by atoms with Gasteiger partial charge in [0.05, 0.1) is 18.7 Å². The number of Topliss-reactive ketones (excluding diaryl/α,β-unsaturated/α-hetero) is 1. The average molecular weight is 513 g/mol. The predicted molar refractivity (Wildman–Crippen MR) is 144 cm³/mol. The van der Waals surface area contributed by atoms with Gasteiger partial charge < -0.3 is 19.6 Å². The molecule has 1 aliphatic rings. The molecule has 1 aliphatic heterocycles. The molecule has 2 aromatic carbocycles. The molecule has 1 saturated heterocycles. The van der Waals surface area contributed by atoms with Crippen LogP contribution in [0.2, 0.25) is 5.02 Å². The molecular weight excluding hydrogens is 476 g/mol. The fourth-order valence-corrected chi connectivity index (χ4v) is 4.70. The van der Waals surface area contributed by atoms with E-state index in [0.29, 0.717) is 22.9 Å². The largest absolute Gasteiger partial charge is 0.507 e. The number of hydrogen-bond donors (Lipinski definition) is 1. The molecule has 1 N–H and O–H groups in total. The maximum Gasteiger partial charge on any atom is 0.295 e. The lowest BCUT2D eigenvalue weighted by atomic mass is 9.95. The number of ether oxygens (including phenoxy) is 1. The number of carbonyl (C=O) groups excluding carboxylic acids is 2. The number of methoxy groups -OCH3 is 1. The van der Waals surface area contributed by atoms with E-state index >= 15 is 0 Å². The highest BCUT2D eigenvalue weighted by Gasteiger charge is 2.45. The molecule has 194 valence electrons. The number of amides is 1. The Morgan fingerprint density at radius 1 is 0.944 bits per heavy atom. The second-order valence-electron chi connectivity index (χ2n) is 9.17. The summed E-state index contributed by atoms with van der Waals surface area (Å²) < 4.78 is 5.28. The zero-order chi connectivity index (χ0) is 26.1. The zero-order valence-electron chi connectivity index (χ0n) is 21.5. The van der Waals surface area contributed by atoms with Gasteiger partial charge in [-0.25, -0.2) is 0 Å². The Balaban J connectivity index is 1.91. The third kappa shape index (κ3) is 6.68. The Morgan fingerprint density at radius 2 is 1.53 bits per heavy atom. The van der Waals surface area contributed by atoms with E-state index in [4.69, 9.17) is 16.3 Å². The van der Waals surface area contributed by atoms with Crippen molar-refractivity contribution in [2.75, 3.05) is 33.3 Å². The van der Waals surface area contributed by atoms with Gasteiger partial charge in [0.25, 0.3) is 11.7 Å². The third-order valence-corrected chi connectivity index (χ3v) is 6.87. The first kappa shape index (κ1) is 27.8. The predicted octanol–water partition coefficient (Wildman–Crippen LogP) is 6.06. The monoisotopic (exact) mass is 512 g/mol.